The molecule has 0 aliphatic rings. The number of hydrogen-bond acceptors (Lipinski definition) is 4. The zero-order valence-electron chi connectivity index (χ0n) is 10.0. The lowest BCUT2D eigenvalue weighted by Gasteiger charge is -2.02. The van der Waals surface area contributed by atoms with Crippen LogP contribution in [0.3, 0.4) is 0 Å². The first-order chi connectivity index (χ1) is 7.63. The number of aliphatic hydroxyl groups excluding tert-OH is 2. The van der Waals surface area contributed by atoms with E-state index in [0.29, 0.717) is 13.2 Å². The topological polar surface area (TPSA) is 58.9 Å². The summed E-state index contributed by atoms with van der Waals surface area (Å²) in [5.41, 5.74) is 0. The fraction of sp³-hybridized carbons (Fsp3) is 0.667. The van der Waals surface area contributed by atoms with Gasteiger partial charge in [-0.05, 0) is 38.8 Å². The van der Waals surface area contributed by atoms with E-state index in [0.717, 1.165) is 12.8 Å². The molecule has 0 aromatic heterocycles. The number of ether oxygens (including phenoxy) is 2. The molecular weight excluding hydrogens is 208 g/mol. The van der Waals surface area contributed by atoms with Gasteiger partial charge in [0.1, 0.15) is 13.2 Å². The Hall–Kier alpha value is -1.00. The van der Waals surface area contributed by atoms with Gasteiger partial charge in [-0.2, -0.15) is 0 Å². The highest BCUT2D eigenvalue weighted by Crippen LogP contribution is 1.95. The van der Waals surface area contributed by atoms with Crippen molar-refractivity contribution in [1.82, 2.24) is 0 Å². The predicted molar refractivity (Wildman–Crippen MR) is 62.8 cm³/mol. The van der Waals surface area contributed by atoms with E-state index in [1.807, 2.05) is 12.2 Å². The molecule has 0 heterocycles. The lowest BCUT2D eigenvalue weighted by atomic mass is 10.3. The summed E-state index contributed by atoms with van der Waals surface area (Å²) in [5.74, 6) is 0. The van der Waals surface area contributed by atoms with E-state index in [9.17, 15) is 0 Å². The molecule has 2 N–H and O–H groups in total. The Balaban J connectivity index is 3.25. The minimum Gasteiger partial charge on any atom is -0.499 e. The minimum atomic E-state index is -0.432. The summed E-state index contributed by atoms with van der Waals surface area (Å²) in [6.07, 6.45) is 7.82. The van der Waals surface area contributed by atoms with E-state index in [1.165, 1.54) is 0 Å². The Bertz CT molecular complexity index is 175. The van der Waals surface area contributed by atoms with Crippen molar-refractivity contribution in [1.29, 1.82) is 0 Å². The van der Waals surface area contributed by atoms with Gasteiger partial charge in [0.25, 0.3) is 0 Å². The van der Waals surface area contributed by atoms with Crippen LogP contribution in [0.15, 0.2) is 24.7 Å². The van der Waals surface area contributed by atoms with Crippen molar-refractivity contribution < 1.29 is 19.7 Å². The normalized spacial score (nSPS) is 15.5. The minimum absolute atomic E-state index is 0.323. The number of unbranched alkanes of at least 4 members (excludes halogenated alkanes) is 1. The third-order valence-electron chi connectivity index (χ3n) is 1.56. The van der Waals surface area contributed by atoms with E-state index >= 15 is 0 Å². The molecule has 94 valence electrons. The standard InChI is InChI=1S/C12H22O4/c1-11(13)9-15-7-5-3-4-6-8-16-10-12(2)14/h5-8,11-14H,3-4,9-10H2,1-2H3/b7-5+,8-6+. The highest BCUT2D eigenvalue weighted by atomic mass is 16.5. The molecule has 0 saturated heterocycles. The van der Waals surface area contributed by atoms with E-state index in [1.54, 1.807) is 26.4 Å². The Morgan fingerprint density at radius 3 is 1.56 bits per heavy atom. The zero-order chi connectivity index (χ0) is 12.2. The number of hydrogen-bond donors (Lipinski definition) is 2. The quantitative estimate of drug-likeness (QED) is 0.466. The van der Waals surface area contributed by atoms with Gasteiger partial charge in [0.05, 0.1) is 24.7 Å². The number of aliphatic hydroxyl groups is 2. The predicted octanol–water partition coefficient (Wildman–Crippen LogP) is 1.59. The molecule has 2 unspecified atom stereocenters. The van der Waals surface area contributed by atoms with Crippen LogP contribution in [0, 0.1) is 0 Å². The molecule has 0 aliphatic carbocycles. The van der Waals surface area contributed by atoms with Crippen LogP contribution in [0.1, 0.15) is 26.7 Å². The molecule has 0 radical (unpaired) electrons. The second-order valence-electron chi connectivity index (χ2n) is 3.69. The summed E-state index contributed by atoms with van der Waals surface area (Å²) >= 11 is 0. The van der Waals surface area contributed by atoms with Crippen LogP contribution in [-0.4, -0.2) is 35.6 Å². The maximum Gasteiger partial charge on any atom is 0.113 e. The Kier molecular flexibility index (Phi) is 9.86. The van der Waals surface area contributed by atoms with Crippen LogP contribution in [0.5, 0.6) is 0 Å². The van der Waals surface area contributed by atoms with E-state index in [2.05, 4.69) is 0 Å². The molecule has 0 rings (SSSR count). The van der Waals surface area contributed by atoms with Crippen molar-refractivity contribution in [3.8, 4) is 0 Å². The monoisotopic (exact) mass is 230 g/mol. The van der Waals surface area contributed by atoms with E-state index in [-0.39, 0.29) is 0 Å². The van der Waals surface area contributed by atoms with Crippen molar-refractivity contribution in [3.05, 3.63) is 24.7 Å². The Morgan fingerprint density at radius 1 is 0.875 bits per heavy atom. The molecule has 4 heteroatoms. The molecule has 0 saturated carbocycles. The second-order valence-corrected chi connectivity index (χ2v) is 3.69. The Labute approximate surface area is 97.2 Å². The molecule has 4 nitrogen and oxygen atoms in total. The fourth-order valence-corrected chi connectivity index (χ4v) is 0.854. The molecule has 2 atom stereocenters. The molecule has 0 amide bonds. The summed E-state index contributed by atoms with van der Waals surface area (Å²) in [7, 11) is 0. The smallest absolute Gasteiger partial charge is 0.113 e. The maximum atomic E-state index is 8.89. The van der Waals surface area contributed by atoms with Gasteiger partial charge < -0.3 is 19.7 Å². The molecule has 0 fully saturated rings. The maximum absolute atomic E-state index is 8.89. The molecule has 16 heavy (non-hydrogen) atoms. The first-order valence-electron chi connectivity index (χ1n) is 5.52. The SMILES string of the molecule is CC(O)CO/C=C/CC/C=C/OCC(C)O. The lowest BCUT2D eigenvalue weighted by molar-refractivity contribution is 0.0969. The van der Waals surface area contributed by atoms with Crippen LogP contribution >= 0.6 is 0 Å². The highest BCUT2D eigenvalue weighted by molar-refractivity contribution is 4.81. The summed E-state index contributed by atoms with van der Waals surface area (Å²) in [6.45, 7) is 4.00. The van der Waals surface area contributed by atoms with Crippen LogP contribution in [0.25, 0.3) is 0 Å². The highest BCUT2D eigenvalue weighted by Gasteiger charge is 1.91. The molecule has 0 aliphatic heterocycles. The third kappa shape index (κ3) is 13.0. The van der Waals surface area contributed by atoms with Gasteiger partial charge in [-0.1, -0.05) is 0 Å². The van der Waals surface area contributed by atoms with Crippen molar-refractivity contribution in [2.24, 2.45) is 0 Å². The average Bonchev–Trinajstić information content (AvgIpc) is 2.20. The van der Waals surface area contributed by atoms with Crippen molar-refractivity contribution in [2.75, 3.05) is 13.2 Å². The van der Waals surface area contributed by atoms with Crippen molar-refractivity contribution >= 4 is 0 Å². The molecule has 0 spiro atoms. The van der Waals surface area contributed by atoms with Crippen LogP contribution in [-0.2, 0) is 9.47 Å². The van der Waals surface area contributed by atoms with Gasteiger partial charge in [-0.25, -0.2) is 0 Å². The molecular formula is C12H22O4. The van der Waals surface area contributed by atoms with Gasteiger partial charge in [0.2, 0.25) is 0 Å². The number of allylic oxidation sites excluding steroid dienone is 2. The molecule has 0 aromatic carbocycles. The lowest BCUT2D eigenvalue weighted by Crippen LogP contribution is -2.07. The van der Waals surface area contributed by atoms with Crippen LogP contribution in [0.2, 0.25) is 0 Å². The summed E-state index contributed by atoms with van der Waals surface area (Å²) in [5, 5.41) is 17.8. The van der Waals surface area contributed by atoms with Gasteiger partial charge in [0.15, 0.2) is 0 Å². The largest absolute Gasteiger partial charge is 0.499 e. The van der Waals surface area contributed by atoms with Crippen LogP contribution < -0.4 is 0 Å². The molecule has 0 bridgehead atoms. The van der Waals surface area contributed by atoms with Crippen molar-refractivity contribution in [3.63, 3.8) is 0 Å². The third-order valence-corrected chi connectivity index (χ3v) is 1.56. The van der Waals surface area contributed by atoms with Gasteiger partial charge in [0, 0.05) is 0 Å². The Morgan fingerprint density at radius 2 is 1.25 bits per heavy atom. The molecule has 0 aromatic rings. The first kappa shape index (κ1) is 15.0. The number of rotatable bonds is 9. The zero-order valence-corrected chi connectivity index (χ0v) is 10.0. The fourth-order valence-electron chi connectivity index (χ4n) is 0.854. The first-order valence-corrected chi connectivity index (χ1v) is 5.52. The summed E-state index contributed by atoms with van der Waals surface area (Å²) < 4.78 is 10.1. The second kappa shape index (κ2) is 10.5. The van der Waals surface area contributed by atoms with E-state index < -0.39 is 12.2 Å². The van der Waals surface area contributed by atoms with Crippen LogP contribution in [0.4, 0.5) is 0 Å². The van der Waals surface area contributed by atoms with Gasteiger partial charge >= 0.3 is 0 Å². The summed E-state index contributed by atoms with van der Waals surface area (Å²) in [6, 6.07) is 0. The van der Waals surface area contributed by atoms with Gasteiger partial charge in [-0.15, -0.1) is 0 Å². The van der Waals surface area contributed by atoms with Crippen molar-refractivity contribution in [2.45, 2.75) is 38.9 Å². The average molecular weight is 230 g/mol. The van der Waals surface area contributed by atoms with Gasteiger partial charge in [-0.3, -0.25) is 0 Å². The van der Waals surface area contributed by atoms with E-state index in [4.69, 9.17) is 19.7 Å². The summed E-state index contributed by atoms with van der Waals surface area (Å²) in [4.78, 5) is 0.